The molecule has 1 aromatic carbocycles. The van der Waals surface area contributed by atoms with Gasteiger partial charge >= 0.3 is 0 Å². The molecule has 2 heterocycles. The summed E-state index contributed by atoms with van der Waals surface area (Å²) >= 11 is 0. The summed E-state index contributed by atoms with van der Waals surface area (Å²) in [5.41, 5.74) is 2.98. The van der Waals surface area contributed by atoms with E-state index in [9.17, 15) is 8.78 Å². The lowest BCUT2D eigenvalue weighted by Crippen LogP contribution is -2.12. The summed E-state index contributed by atoms with van der Waals surface area (Å²) in [6.45, 7) is 0.0604. The molecular formula is C12H11F2N7. The van der Waals surface area contributed by atoms with Gasteiger partial charge in [0.15, 0.2) is 5.65 Å². The number of anilines is 2. The van der Waals surface area contributed by atoms with Crippen LogP contribution in [0.4, 0.5) is 20.5 Å². The van der Waals surface area contributed by atoms with Crippen molar-refractivity contribution in [2.45, 2.75) is 6.54 Å². The fourth-order valence-electron chi connectivity index (χ4n) is 1.89. The molecule has 0 amide bonds. The molecule has 2 aromatic heterocycles. The van der Waals surface area contributed by atoms with Gasteiger partial charge in [-0.25, -0.2) is 14.6 Å². The number of hydrogen-bond acceptors (Lipinski definition) is 6. The molecule has 0 aliphatic heterocycles. The number of hydrogen-bond donors (Lipinski definition) is 4. The molecular weight excluding hydrogens is 280 g/mol. The number of nitrogen functional groups attached to an aromatic ring is 1. The number of fused-ring (bicyclic) bond motifs is 1. The number of hydrazine groups is 1. The average molecular weight is 291 g/mol. The maximum Gasteiger partial charge on any atom is 0.241 e. The zero-order valence-electron chi connectivity index (χ0n) is 10.7. The lowest BCUT2D eigenvalue weighted by molar-refractivity contribution is 0.587. The van der Waals surface area contributed by atoms with Crippen LogP contribution in [0.3, 0.4) is 0 Å². The first-order valence-electron chi connectivity index (χ1n) is 6.03. The molecule has 5 N–H and O–H groups in total. The van der Waals surface area contributed by atoms with Gasteiger partial charge in [-0.3, -0.25) is 10.5 Å². The third kappa shape index (κ3) is 2.58. The fourth-order valence-corrected chi connectivity index (χ4v) is 1.89. The summed E-state index contributed by atoms with van der Waals surface area (Å²) in [6, 6.07) is 3.26. The van der Waals surface area contributed by atoms with Crippen molar-refractivity contribution in [3.8, 4) is 0 Å². The van der Waals surface area contributed by atoms with Crippen molar-refractivity contribution in [1.82, 2.24) is 20.2 Å². The molecule has 9 heteroatoms. The molecule has 0 bridgehead atoms. The van der Waals surface area contributed by atoms with Gasteiger partial charge in [0.05, 0.1) is 11.6 Å². The molecule has 7 nitrogen and oxygen atoms in total. The van der Waals surface area contributed by atoms with Crippen molar-refractivity contribution in [3.05, 3.63) is 41.6 Å². The SMILES string of the molecule is NNc1nc(NCc2cc(F)ccc2F)c2cn[nH]c2n1. The number of benzene rings is 1. The number of aromatic nitrogens is 4. The van der Waals surface area contributed by atoms with E-state index < -0.39 is 11.6 Å². The van der Waals surface area contributed by atoms with Crippen LogP contribution >= 0.6 is 0 Å². The van der Waals surface area contributed by atoms with Crippen LogP contribution in [0.25, 0.3) is 11.0 Å². The molecule has 0 saturated heterocycles. The van der Waals surface area contributed by atoms with Crippen molar-refractivity contribution in [2.24, 2.45) is 5.84 Å². The summed E-state index contributed by atoms with van der Waals surface area (Å²) in [7, 11) is 0. The molecule has 0 aliphatic rings. The molecule has 0 spiro atoms. The number of nitrogens with one attached hydrogen (secondary N) is 3. The van der Waals surface area contributed by atoms with Gasteiger partial charge in [0, 0.05) is 12.1 Å². The van der Waals surface area contributed by atoms with Crippen molar-refractivity contribution < 1.29 is 8.78 Å². The second-order valence-corrected chi connectivity index (χ2v) is 4.26. The van der Waals surface area contributed by atoms with Crippen molar-refractivity contribution in [2.75, 3.05) is 10.7 Å². The molecule has 21 heavy (non-hydrogen) atoms. The van der Waals surface area contributed by atoms with Crippen LogP contribution in [0.15, 0.2) is 24.4 Å². The highest BCUT2D eigenvalue weighted by Crippen LogP contribution is 2.20. The van der Waals surface area contributed by atoms with E-state index in [0.29, 0.717) is 16.9 Å². The molecule has 0 unspecified atom stereocenters. The van der Waals surface area contributed by atoms with Gasteiger partial charge in [0.2, 0.25) is 5.95 Å². The first-order valence-corrected chi connectivity index (χ1v) is 6.03. The minimum atomic E-state index is -0.506. The van der Waals surface area contributed by atoms with Crippen LogP contribution in [0.1, 0.15) is 5.56 Å². The van der Waals surface area contributed by atoms with Crippen LogP contribution in [0, 0.1) is 11.6 Å². The van der Waals surface area contributed by atoms with Gasteiger partial charge in [-0.2, -0.15) is 15.1 Å². The monoisotopic (exact) mass is 291 g/mol. The van der Waals surface area contributed by atoms with E-state index in [-0.39, 0.29) is 18.1 Å². The van der Waals surface area contributed by atoms with Crippen molar-refractivity contribution in [1.29, 1.82) is 0 Å². The maximum absolute atomic E-state index is 13.6. The van der Waals surface area contributed by atoms with E-state index in [1.807, 2.05) is 0 Å². The summed E-state index contributed by atoms with van der Waals surface area (Å²) in [5.74, 6) is 4.86. The zero-order valence-corrected chi connectivity index (χ0v) is 10.7. The standard InChI is InChI=1S/C12H11F2N7/c13-7-1-2-9(14)6(3-7)4-16-10-8-5-17-21-11(8)19-12(18-10)20-15/h1-3,5H,4,15H2,(H3,16,17,18,19,20,21). The Hall–Kier alpha value is -2.81. The average Bonchev–Trinajstić information content (AvgIpc) is 2.96. The van der Waals surface area contributed by atoms with E-state index in [1.165, 1.54) is 6.20 Å². The Kier molecular flexibility index (Phi) is 3.32. The lowest BCUT2D eigenvalue weighted by atomic mass is 10.2. The Morgan fingerprint density at radius 2 is 2.10 bits per heavy atom. The summed E-state index contributed by atoms with van der Waals surface area (Å²) in [4.78, 5) is 8.19. The van der Waals surface area contributed by atoms with Gasteiger partial charge in [-0.15, -0.1) is 0 Å². The number of nitrogens with zero attached hydrogens (tertiary/aromatic N) is 3. The minimum Gasteiger partial charge on any atom is -0.365 e. The number of rotatable bonds is 4. The highest BCUT2D eigenvalue weighted by atomic mass is 19.1. The summed E-state index contributed by atoms with van der Waals surface area (Å²) in [6.07, 6.45) is 1.53. The van der Waals surface area contributed by atoms with Crippen molar-refractivity contribution >= 4 is 22.8 Å². The van der Waals surface area contributed by atoms with Crippen LogP contribution < -0.4 is 16.6 Å². The van der Waals surface area contributed by atoms with Gasteiger partial charge in [0.25, 0.3) is 0 Å². The molecule has 0 aliphatic carbocycles. The van der Waals surface area contributed by atoms with Crippen LogP contribution in [-0.4, -0.2) is 20.2 Å². The van der Waals surface area contributed by atoms with E-state index in [4.69, 9.17) is 5.84 Å². The molecule has 0 atom stereocenters. The van der Waals surface area contributed by atoms with Crippen molar-refractivity contribution in [3.63, 3.8) is 0 Å². The number of nitrogens with two attached hydrogens (primary N) is 1. The number of halogens is 2. The largest absolute Gasteiger partial charge is 0.365 e. The molecule has 3 aromatic rings. The Morgan fingerprint density at radius 3 is 2.90 bits per heavy atom. The fraction of sp³-hybridized carbons (Fsp3) is 0.0833. The summed E-state index contributed by atoms with van der Waals surface area (Å²) < 4.78 is 26.7. The van der Waals surface area contributed by atoms with Crippen LogP contribution in [0.5, 0.6) is 0 Å². The number of H-pyrrole nitrogens is 1. The van der Waals surface area contributed by atoms with Crippen LogP contribution in [-0.2, 0) is 6.54 Å². The topological polar surface area (TPSA) is 105 Å². The number of aromatic amines is 1. The first-order chi connectivity index (χ1) is 10.2. The smallest absolute Gasteiger partial charge is 0.241 e. The first kappa shape index (κ1) is 13.2. The predicted octanol–water partition coefficient (Wildman–Crippen LogP) is 1.53. The van der Waals surface area contributed by atoms with Gasteiger partial charge in [-0.1, -0.05) is 0 Å². The zero-order chi connectivity index (χ0) is 14.8. The summed E-state index contributed by atoms with van der Waals surface area (Å²) in [5, 5.41) is 10.1. The maximum atomic E-state index is 13.6. The van der Waals surface area contributed by atoms with E-state index in [2.05, 4.69) is 30.9 Å². The van der Waals surface area contributed by atoms with Gasteiger partial charge in [-0.05, 0) is 18.2 Å². The Labute approximate surface area is 117 Å². The van der Waals surface area contributed by atoms with E-state index in [0.717, 1.165) is 18.2 Å². The van der Waals surface area contributed by atoms with Crippen LogP contribution in [0.2, 0.25) is 0 Å². The minimum absolute atomic E-state index is 0.0604. The Balaban J connectivity index is 1.91. The third-order valence-electron chi connectivity index (χ3n) is 2.89. The third-order valence-corrected chi connectivity index (χ3v) is 2.89. The van der Waals surface area contributed by atoms with Gasteiger partial charge < -0.3 is 5.32 Å². The highest BCUT2D eigenvalue weighted by Gasteiger charge is 2.10. The molecule has 0 saturated carbocycles. The predicted molar refractivity (Wildman–Crippen MR) is 73.2 cm³/mol. The molecule has 108 valence electrons. The second-order valence-electron chi connectivity index (χ2n) is 4.26. The highest BCUT2D eigenvalue weighted by molar-refractivity contribution is 5.86. The molecule has 0 radical (unpaired) electrons. The van der Waals surface area contributed by atoms with Gasteiger partial charge in [0.1, 0.15) is 17.5 Å². The molecule has 3 rings (SSSR count). The lowest BCUT2D eigenvalue weighted by Gasteiger charge is -2.09. The molecule has 0 fully saturated rings. The van der Waals surface area contributed by atoms with E-state index in [1.54, 1.807) is 0 Å². The Bertz CT molecular complexity index is 786. The van der Waals surface area contributed by atoms with E-state index >= 15 is 0 Å². The Morgan fingerprint density at radius 1 is 1.24 bits per heavy atom. The normalized spacial score (nSPS) is 10.8. The second kappa shape index (κ2) is 5.29. The quantitative estimate of drug-likeness (QED) is 0.429.